The fourth-order valence-electron chi connectivity index (χ4n) is 3.09. The largest absolute Gasteiger partial charge is 0.481 e. The summed E-state index contributed by atoms with van der Waals surface area (Å²) in [4.78, 5) is 15.6. The average molecular weight is 282 g/mol. The molecule has 19 heavy (non-hydrogen) atoms. The minimum Gasteiger partial charge on any atom is -0.481 e. The lowest BCUT2D eigenvalue weighted by molar-refractivity contribution is -0.150. The van der Waals surface area contributed by atoms with Crippen LogP contribution in [0.4, 0.5) is 0 Å². The highest BCUT2D eigenvalue weighted by Gasteiger charge is 2.45. The van der Waals surface area contributed by atoms with Crippen molar-refractivity contribution in [2.45, 2.75) is 46.2 Å². The zero-order valence-corrected chi connectivity index (χ0v) is 12.5. The lowest BCUT2D eigenvalue weighted by Crippen LogP contribution is -2.50. The number of thiazole rings is 1. The highest BCUT2D eigenvalue weighted by molar-refractivity contribution is 7.07. The van der Waals surface area contributed by atoms with Crippen LogP contribution in [0.5, 0.6) is 0 Å². The fraction of sp³-hybridized carbons (Fsp3) is 0.714. The summed E-state index contributed by atoms with van der Waals surface area (Å²) in [6.45, 7) is 7.08. The SMILES string of the molecule is CC1C(NCc2cscn2)CCC(C(=O)O)C1(C)C. The Labute approximate surface area is 118 Å². The van der Waals surface area contributed by atoms with Crippen LogP contribution in [-0.2, 0) is 11.3 Å². The highest BCUT2D eigenvalue weighted by Crippen LogP contribution is 2.45. The number of carboxylic acid groups (broad SMARTS) is 1. The minimum atomic E-state index is -0.658. The van der Waals surface area contributed by atoms with E-state index in [9.17, 15) is 9.90 Å². The molecule has 2 rings (SSSR count). The molecule has 2 N–H and O–H groups in total. The van der Waals surface area contributed by atoms with E-state index in [1.54, 1.807) is 11.3 Å². The first-order valence-corrected chi connectivity index (χ1v) is 7.70. The predicted octanol–water partition coefficient (Wildman–Crippen LogP) is 2.76. The maximum atomic E-state index is 11.3. The van der Waals surface area contributed by atoms with Gasteiger partial charge in [0.1, 0.15) is 0 Å². The van der Waals surface area contributed by atoms with Gasteiger partial charge in [-0.25, -0.2) is 4.98 Å². The van der Waals surface area contributed by atoms with Crippen LogP contribution in [0, 0.1) is 17.3 Å². The molecule has 1 heterocycles. The summed E-state index contributed by atoms with van der Waals surface area (Å²) in [6.07, 6.45) is 1.67. The zero-order chi connectivity index (χ0) is 14.0. The van der Waals surface area contributed by atoms with Crippen molar-refractivity contribution >= 4 is 17.3 Å². The van der Waals surface area contributed by atoms with Gasteiger partial charge in [0.05, 0.1) is 17.1 Å². The molecular formula is C14H22N2O2S. The molecule has 0 aliphatic heterocycles. The topological polar surface area (TPSA) is 62.2 Å². The summed E-state index contributed by atoms with van der Waals surface area (Å²) in [5, 5.41) is 14.9. The number of hydrogen-bond acceptors (Lipinski definition) is 4. The molecule has 1 fully saturated rings. The van der Waals surface area contributed by atoms with E-state index in [4.69, 9.17) is 0 Å². The standard InChI is InChI=1S/C14H22N2O2S/c1-9-12(15-6-10-7-19-8-16-10)5-4-11(13(17)18)14(9,2)3/h7-9,11-12,15H,4-6H2,1-3H3,(H,17,18). The van der Waals surface area contributed by atoms with Crippen molar-refractivity contribution in [3.63, 3.8) is 0 Å². The monoisotopic (exact) mass is 282 g/mol. The summed E-state index contributed by atoms with van der Waals surface area (Å²) in [5.41, 5.74) is 2.73. The van der Waals surface area contributed by atoms with Gasteiger partial charge in [0.25, 0.3) is 0 Å². The van der Waals surface area contributed by atoms with Gasteiger partial charge in [0, 0.05) is 18.0 Å². The second-order valence-electron chi connectivity index (χ2n) is 6.05. The van der Waals surface area contributed by atoms with Gasteiger partial charge in [-0.2, -0.15) is 0 Å². The molecule has 1 saturated carbocycles. The van der Waals surface area contributed by atoms with Gasteiger partial charge in [-0.3, -0.25) is 4.79 Å². The third-order valence-electron chi connectivity index (χ3n) is 4.77. The number of aliphatic carboxylic acids is 1. The number of nitrogens with zero attached hydrogens (tertiary/aromatic N) is 1. The first kappa shape index (κ1) is 14.5. The van der Waals surface area contributed by atoms with Gasteiger partial charge in [-0.1, -0.05) is 20.8 Å². The third kappa shape index (κ3) is 2.98. The quantitative estimate of drug-likeness (QED) is 0.891. The Balaban J connectivity index is 1.99. The van der Waals surface area contributed by atoms with E-state index in [2.05, 4.69) is 31.1 Å². The molecule has 0 spiro atoms. The molecule has 1 aromatic heterocycles. The number of rotatable bonds is 4. The molecule has 1 aliphatic carbocycles. The summed E-state index contributed by atoms with van der Waals surface area (Å²) < 4.78 is 0. The second-order valence-corrected chi connectivity index (χ2v) is 6.76. The lowest BCUT2D eigenvalue weighted by atomic mass is 9.61. The van der Waals surface area contributed by atoms with Crippen LogP contribution >= 0.6 is 11.3 Å². The van der Waals surface area contributed by atoms with Crippen molar-refractivity contribution in [3.8, 4) is 0 Å². The van der Waals surface area contributed by atoms with E-state index in [0.717, 1.165) is 25.1 Å². The van der Waals surface area contributed by atoms with Crippen molar-refractivity contribution in [3.05, 3.63) is 16.6 Å². The van der Waals surface area contributed by atoms with Gasteiger partial charge in [0.2, 0.25) is 0 Å². The minimum absolute atomic E-state index is 0.177. The molecule has 3 unspecified atom stereocenters. The molecule has 1 aromatic rings. The number of hydrogen-bond donors (Lipinski definition) is 2. The Morgan fingerprint density at radius 1 is 1.58 bits per heavy atom. The van der Waals surface area contributed by atoms with Crippen LogP contribution < -0.4 is 5.32 Å². The van der Waals surface area contributed by atoms with E-state index >= 15 is 0 Å². The molecular weight excluding hydrogens is 260 g/mol. The van der Waals surface area contributed by atoms with E-state index in [0.29, 0.717) is 12.0 Å². The summed E-state index contributed by atoms with van der Waals surface area (Å²) in [7, 11) is 0. The lowest BCUT2D eigenvalue weighted by Gasteiger charge is -2.46. The Hall–Kier alpha value is -0.940. The summed E-state index contributed by atoms with van der Waals surface area (Å²) >= 11 is 1.60. The van der Waals surface area contributed by atoms with Crippen molar-refractivity contribution in [2.24, 2.45) is 17.3 Å². The van der Waals surface area contributed by atoms with E-state index in [-0.39, 0.29) is 11.3 Å². The van der Waals surface area contributed by atoms with Gasteiger partial charge < -0.3 is 10.4 Å². The molecule has 0 aromatic carbocycles. The number of carbonyl (C=O) groups is 1. The zero-order valence-electron chi connectivity index (χ0n) is 11.7. The molecule has 0 radical (unpaired) electrons. The summed E-state index contributed by atoms with van der Waals surface area (Å²) in [6, 6.07) is 0.368. The van der Waals surface area contributed by atoms with E-state index in [1.165, 1.54) is 0 Å². The molecule has 106 valence electrons. The second kappa shape index (κ2) is 5.59. The predicted molar refractivity (Wildman–Crippen MR) is 76.0 cm³/mol. The van der Waals surface area contributed by atoms with Crippen LogP contribution in [0.25, 0.3) is 0 Å². The van der Waals surface area contributed by atoms with E-state index < -0.39 is 5.97 Å². The first-order chi connectivity index (χ1) is 8.93. The summed E-state index contributed by atoms with van der Waals surface area (Å²) in [5.74, 6) is -0.560. The Kier molecular flexibility index (Phi) is 4.26. The van der Waals surface area contributed by atoms with Crippen molar-refractivity contribution < 1.29 is 9.90 Å². The Morgan fingerprint density at radius 3 is 2.89 bits per heavy atom. The molecule has 3 atom stereocenters. The van der Waals surface area contributed by atoms with Crippen LogP contribution in [0.2, 0.25) is 0 Å². The van der Waals surface area contributed by atoms with Gasteiger partial charge in [0.15, 0.2) is 0 Å². The molecule has 0 amide bonds. The number of aromatic nitrogens is 1. The normalized spacial score (nSPS) is 30.2. The smallest absolute Gasteiger partial charge is 0.307 e. The van der Waals surface area contributed by atoms with Gasteiger partial charge >= 0.3 is 5.97 Å². The highest BCUT2D eigenvalue weighted by atomic mass is 32.1. The van der Waals surface area contributed by atoms with E-state index in [1.807, 2.05) is 10.9 Å². The molecule has 4 nitrogen and oxygen atoms in total. The van der Waals surface area contributed by atoms with Gasteiger partial charge in [-0.15, -0.1) is 11.3 Å². The van der Waals surface area contributed by atoms with Crippen molar-refractivity contribution in [1.29, 1.82) is 0 Å². The average Bonchev–Trinajstić information content (AvgIpc) is 2.83. The molecule has 1 aliphatic rings. The maximum Gasteiger partial charge on any atom is 0.307 e. The molecule has 0 bridgehead atoms. The third-order valence-corrected chi connectivity index (χ3v) is 5.40. The Bertz CT molecular complexity index is 431. The van der Waals surface area contributed by atoms with Crippen LogP contribution in [0.3, 0.4) is 0 Å². The van der Waals surface area contributed by atoms with Crippen molar-refractivity contribution in [2.75, 3.05) is 0 Å². The number of carboxylic acids is 1. The molecule has 5 heteroatoms. The van der Waals surface area contributed by atoms with Crippen LogP contribution in [-0.4, -0.2) is 22.1 Å². The maximum absolute atomic E-state index is 11.3. The van der Waals surface area contributed by atoms with Crippen molar-refractivity contribution in [1.82, 2.24) is 10.3 Å². The fourth-order valence-corrected chi connectivity index (χ4v) is 3.64. The van der Waals surface area contributed by atoms with Crippen LogP contribution in [0.15, 0.2) is 10.9 Å². The van der Waals surface area contributed by atoms with Gasteiger partial charge in [-0.05, 0) is 24.2 Å². The number of nitrogens with one attached hydrogen (secondary N) is 1. The van der Waals surface area contributed by atoms with Crippen LogP contribution in [0.1, 0.15) is 39.3 Å². The Morgan fingerprint density at radius 2 is 2.32 bits per heavy atom. The first-order valence-electron chi connectivity index (χ1n) is 6.76. The molecule has 0 saturated heterocycles.